The number of fused-ring (bicyclic) bond motifs is 2. The van der Waals surface area contributed by atoms with Gasteiger partial charge in [0.2, 0.25) is 5.91 Å². The molecule has 0 unspecified atom stereocenters. The number of amides is 2. The van der Waals surface area contributed by atoms with Gasteiger partial charge in [0.25, 0.3) is 5.91 Å². The van der Waals surface area contributed by atoms with E-state index >= 15 is 0 Å². The Morgan fingerprint density at radius 3 is 2.66 bits per heavy atom. The molecule has 5 rings (SSSR count). The molecule has 1 saturated heterocycles. The van der Waals surface area contributed by atoms with Crippen molar-refractivity contribution in [3.05, 3.63) is 53.1 Å². The zero-order valence-corrected chi connectivity index (χ0v) is 16.2. The normalized spacial score (nSPS) is 20.2. The maximum absolute atomic E-state index is 13.1. The van der Waals surface area contributed by atoms with Gasteiger partial charge in [0, 0.05) is 37.7 Å². The second-order valence-electron chi connectivity index (χ2n) is 8.23. The number of likely N-dealkylation sites (tertiary alicyclic amines) is 1. The first-order valence-electron chi connectivity index (χ1n) is 10.3. The maximum atomic E-state index is 13.1. The molecule has 1 aromatic heterocycles. The van der Waals surface area contributed by atoms with Gasteiger partial charge in [0.1, 0.15) is 0 Å². The lowest BCUT2D eigenvalue weighted by Gasteiger charge is -2.50. The Bertz CT molecular complexity index is 1010. The summed E-state index contributed by atoms with van der Waals surface area (Å²) >= 11 is 0. The van der Waals surface area contributed by atoms with E-state index in [0.717, 1.165) is 30.7 Å². The fourth-order valence-corrected chi connectivity index (χ4v) is 4.87. The molecule has 2 amide bonds. The summed E-state index contributed by atoms with van der Waals surface area (Å²) in [6, 6.07) is 9.04. The predicted octanol–water partition coefficient (Wildman–Crippen LogP) is 2.21. The Kier molecular flexibility index (Phi) is 4.16. The summed E-state index contributed by atoms with van der Waals surface area (Å²) < 4.78 is 0. The van der Waals surface area contributed by atoms with Crippen LogP contribution in [0.25, 0.3) is 0 Å². The van der Waals surface area contributed by atoms with E-state index in [4.69, 9.17) is 0 Å². The largest absolute Gasteiger partial charge is 0.348 e. The van der Waals surface area contributed by atoms with E-state index in [1.807, 2.05) is 4.90 Å². The van der Waals surface area contributed by atoms with Gasteiger partial charge in [0.05, 0.1) is 34.8 Å². The van der Waals surface area contributed by atoms with Crippen molar-refractivity contribution >= 4 is 11.8 Å². The number of nitrogens with one attached hydrogen (secondary N) is 1. The zero-order valence-electron chi connectivity index (χ0n) is 16.2. The molecule has 3 aliphatic rings. The lowest BCUT2D eigenvalue weighted by molar-refractivity contribution is -0.143. The summed E-state index contributed by atoms with van der Waals surface area (Å²) in [7, 11) is 0. The number of piperidine rings is 1. The van der Waals surface area contributed by atoms with Crippen LogP contribution in [-0.2, 0) is 16.8 Å². The van der Waals surface area contributed by atoms with Crippen LogP contribution in [0, 0.1) is 17.2 Å². The molecule has 0 atom stereocenters. The number of rotatable bonds is 2. The average molecular weight is 389 g/mol. The van der Waals surface area contributed by atoms with Crippen molar-refractivity contribution in [2.45, 2.75) is 37.6 Å². The molecule has 1 saturated carbocycles. The van der Waals surface area contributed by atoms with Crippen molar-refractivity contribution in [1.29, 1.82) is 5.26 Å². The topological polar surface area (TPSA) is 93.1 Å². The molecule has 0 bridgehead atoms. The number of carbonyl (C=O) groups excluding carboxylic acids is 2. The van der Waals surface area contributed by atoms with Gasteiger partial charge < -0.3 is 14.8 Å². The predicted molar refractivity (Wildman–Crippen MR) is 105 cm³/mol. The number of hydrogen-bond donors (Lipinski definition) is 1. The minimum atomic E-state index is -0.432. The van der Waals surface area contributed by atoms with E-state index in [2.05, 4.69) is 20.9 Å². The molecule has 1 spiro atoms. The second kappa shape index (κ2) is 6.73. The van der Waals surface area contributed by atoms with Crippen molar-refractivity contribution in [1.82, 2.24) is 19.8 Å². The van der Waals surface area contributed by atoms with E-state index in [1.54, 1.807) is 30.6 Å². The highest BCUT2D eigenvalue weighted by Gasteiger charge is 2.51. The van der Waals surface area contributed by atoms with Crippen LogP contribution in [0.15, 0.2) is 30.6 Å². The Morgan fingerprint density at radius 2 is 1.93 bits per heavy atom. The van der Waals surface area contributed by atoms with Gasteiger partial charge in [-0.25, -0.2) is 4.98 Å². The first-order chi connectivity index (χ1) is 14.1. The van der Waals surface area contributed by atoms with Crippen LogP contribution in [0.1, 0.15) is 53.0 Å². The number of benzene rings is 1. The van der Waals surface area contributed by atoms with E-state index in [9.17, 15) is 14.9 Å². The number of nitriles is 1. The molecule has 0 radical (unpaired) electrons. The van der Waals surface area contributed by atoms with Crippen molar-refractivity contribution < 1.29 is 9.59 Å². The number of imidazole rings is 1. The minimum Gasteiger partial charge on any atom is -0.348 e. The number of carbonyl (C=O) groups is 2. The van der Waals surface area contributed by atoms with Crippen LogP contribution in [0.3, 0.4) is 0 Å². The molecular formula is C22H23N5O2. The van der Waals surface area contributed by atoms with Crippen LogP contribution >= 0.6 is 0 Å². The molecule has 148 valence electrons. The lowest BCUT2D eigenvalue weighted by Crippen LogP contribution is -2.59. The molecule has 7 heteroatoms. The van der Waals surface area contributed by atoms with Gasteiger partial charge in [-0.1, -0.05) is 12.1 Å². The van der Waals surface area contributed by atoms with Crippen LogP contribution < -0.4 is 0 Å². The zero-order chi connectivity index (χ0) is 20.0. The van der Waals surface area contributed by atoms with Crippen molar-refractivity contribution in [3.63, 3.8) is 0 Å². The fourth-order valence-electron chi connectivity index (χ4n) is 4.87. The van der Waals surface area contributed by atoms with Crippen LogP contribution in [-0.4, -0.2) is 51.2 Å². The monoisotopic (exact) mass is 389 g/mol. The molecule has 2 fully saturated rings. The van der Waals surface area contributed by atoms with E-state index in [1.165, 1.54) is 0 Å². The van der Waals surface area contributed by atoms with Crippen molar-refractivity contribution in [2.24, 2.45) is 5.92 Å². The quantitative estimate of drug-likeness (QED) is 0.852. The first-order valence-corrected chi connectivity index (χ1v) is 10.3. The molecule has 3 heterocycles. The van der Waals surface area contributed by atoms with Crippen LogP contribution in [0.4, 0.5) is 0 Å². The first kappa shape index (κ1) is 17.9. The highest BCUT2D eigenvalue weighted by molar-refractivity contribution is 5.96. The standard InChI is InChI=1S/C22H23N5O2/c23-13-16-3-1-2-4-17(16)21(29)26-11-8-22(9-12-26)19-18(24-14-25-19)7-10-27(22)20(28)15-5-6-15/h1-4,14-15H,5-12H2,(H,24,25). The molecule has 29 heavy (non-hydrogen) atoms. The summed E-state index contributed by atoms with van der Waals surface area (Å²) in [5.41, 5.74) is 2.50. The van der Waals surface area contributed by atoms with Gasteiger partial charge in [0.15, 0.2) is 0 Å². The highest BCUT2D eigenvalue weighted by atomic mass is 16.2. The van der Waals surface area contributed by atoms with Gasteiger partial charge in [-0.2, -0.15) is 5.26 Å². The smallest absolute Gasteiger partial charge is 0.255 e. The Hall–Kier alpha value is -3.14. The summed E-state index contributed by atoms with van der Waals surface area (Å²) in [4.78, 5) is 37.8. The number of H-pyrrole nitrogens is 1. The van der Waals surface area contributed by atoms with Gasteiger partial charge in [-0.15, -0.1) is 0 Å². The highest BCUT2D eigenvalue weighted by Crippen LogP contribution is 2.45. The number of aromatic amines is 1. The Balaban J connectivity index is 1.42. The van der Waals surface area contributed by atoms with Crippen LogP contribution in [0.2, 0.25) is 0 Å². The van der Waals surface area contributed by atoms with E-state index in [-0.39, 0.29) is 17.7 Å². The summed E-state index contributed by atoms with van der Waals surface area (Å²) in [5.74, 6) is 0.290. The SMILES string of the molecule is N#Cc1ccccc1C(=O)N1CCC2(CC1)c1nc[nH]c1CCN2C(=O)C1CC1. The van der Waals surface area contributed by atoms with Crippen LogP contribution in [0.5, 0.6) is 0 Å². The molecule has 7 nitrogen and oxygen atoms in total. The fraction of sp³-hybridized carbons (Fsp3) is 0.455. The van der Waals surface area contributed by atoms with E-state index < -0.39 is 5.54 Å². The molecule has 1 aromatic carbocycles. The minimum absolute atomic E-state index is 0.116. The Morgan fingerprint density at radius 1 is 1.17 bits per heavy atom. The number of hydrogen-bond acceptors (Lipinski definition) is 4. The number of aromatic nitrogens is 2. The van der Waals surface area contributed by atoms with Gasteiger partial charge >= 0.3 is 0 Å². The van der Waals surface area contributed by atoms with Gasteiger partial charge in [-0.3, -0.25) is 9.59 Å². The number of nitrogens with zero attached hydrogens (tertiary/aromatic N) is 4. The molecule has 2 aromatic rings. The molecule has 1 N–H and O–H groups in total. The third-order valence-electron chi connectivity index (χ3n) is 6.61. The van der Waals surface area contributed by atoms with Crippen molar-refractivity contribution in [2.75, 3.05) is 19.6 Å². The third kappa shape index (κ3) is 2.82. The van der Waals surface area contributed by atoms with Gasteiger partial charge in [-0.05, 0) is 37.8 Å². The summed E-state index contributed by atoms with van der Waals surface area (Å²) in [5, 5.41) is 9.33. The second-order valence-corrected chi connectivity index (χ2v) is 8.23. The summed E-state index contributed by atoms with van der Waals surface area (Å²) in [6.45, 7) is 1.79. The lowest BCUT2D eigenvalue weighted by atomic mass is 9.78. The van der Waals surface area contributed by atoms with E-state index in [0.29, 0.717) is 43.6 Å². The maximum Gasteiger partial charge on any atom is 0.255 e. The Labute approximate surface area is 169 Å². The molecular weight excluding hydrogens is 366 g/mol. The third-order valence-corrected chi connectivity index (χ3v) is 6.61. The van der Waals surface area contributed by atoms with Crippen molar-refractivity contribution in [3.8, 4) is 6.07 Å². The summed E-state index contributed by atoms with van der Waals surface area (Å²) in [6.07, 6.45) is 5.82. The molecule has 2 aliphatic heterocycles. The molecule has 1 aliphatic carbocycles. The average Bonchev–Trinajstić information content (AvgIpc) is 3.50.